The van der Waals surface area contributed by atoms with Crippen molar-refractivity contribution in [3.05, 3.63) is 88.2 Å². The minimum Gasteiger partial charge on any atom is -0.486 e. The number of hydrogen-bond acceptors (Lipinski definition) is 4. The molecule has 5 heteroatoms. The highest BCUT2D eigenvalue weighted by Gasteiger charge is 2.20. The predicted molar refractivity (Wildman–Crippen MR) is 107 cm³/mol. The van der Waals surface area contributed by atoms with E-state index in [0.717, 1.165) is 38.9 Å². The first-order valence-corrected chi connectivity index (χ1v) is 9.38. The van der Waals surface area contributed by atoms with Crippen molar-refractivity contribution < 1.29 is 9.47 Å². The van der Waals surface area contributed by atoms with Crippen molar-refractivity contribution in [1.29, 1.82) is 0 Å². The maximum atomic E-state index is 6.52. The number of rotatable bonds is 5. The van der Waals surface area contributed by atoms with Gasteiger partial charge in [-0.1, -0.05) is 41.9 Å². The van der Waals surface area contributed by atoms with Gasteiger partial charge in [0.1, 0.15) is 13.2 Å². The van der Waals surface area contributed by atoms with E-state index < -0.39 is 0 Å². The molecule has 0 saturated carbocycles. The van der Waals surface area contributed by atoms with E-state index in [0.29, 0.717) is 19.8 Å². The molecule has 1 aliphatic rings. The van der Waals surface area contributed by atoms with Crippen LogP contribution in [0, 0.1) is 6.92 Å². The highest BCUT2D eigenvalue weighted by atomic mass is 35.5. The Morgan fingerprint density at radius 1 is 1.04 bits per heavy atom. The highest BCUT2D eigenvalue weighted by Crippen LogP contribution is 2.36. The minimum atomic E-state index is -0.0749. The van der Waals surface area contributed by atoms with Gasteiger partial charge in [-0.25, -0.2) is 0 Å². The molecule has 3 aromatic rings. The Hall–Kier alpha value is -2.56. The zero-order chi connectivity index (χ0) is 18.6. The Morgan fingerprint density at radius 3 is 2.67 bits per heavy atom. The molecular formula is C22H21ClN2O2. The van der Waals surface area contributed by atoms with Crippen LogP contribution in [0.5, 0.6) is 11.5 Å². The van der Waals surface area contributed by atoms with E-state index in [1.54, 1.807) is 0 Å². The number of nitrogens with one attached hydrogen (secondary N) is 1. The van der Waals surface area contributed by atoms with Crippen LogP contribution in [0.25, 0.3) is 0 Å². The van der Waals surface area contributed by atoms with Crippen LogP contribution in [-0.4, -0.2) is 18.2 Å². The summed E-state index contributed by atoms with van der Waals surface area (Å²) in [5, 5.41) is 4.37. The number of aromatic nitrogens is 1. The monoisotopic (exact) mass is 380 g/mol. The van der Waals surface area contributed by atoms with Crippen LogP contribution in [0.4, 0.5) is 0 Å². The van der Waals surface area contributed by atoms with Crippen LogP contribution in [0.2, 0.25) is 5.02 Å². The van der Waals surface area contributed by atoms with E-state index in [2.05, 4.69) is 22.4 Å². The maximum absolute atomic E-state index is 6.52. The molecule has 1 atom stereocenters. The van der Waals surface area contributed by atoms with Gasteiger partial charge in [-0.2, -0.15) is 0 Å². The lowest BCUT2D eigenvalue weighted by atomic mass is 9.97. The summed E-state index contributed by atoms with van der Waals surface area (Å²) in [4.78, 5) is 4.38. The van der Waals surface area contributed by atoms with Gasteiger partial charge in [-0.15, -0.1) is 0 Å². The topological polar surface area (TPSA) is 43.4 Å². The second-order valence-electron chi connectivity index (χ2n) is 6.49. The van der Waals surface area contributed by atoms with Gasteiger partial charge in [-0.3, -0.25) is 4.98 Å². The van der Waals surface area contributed by atoms with Gasteiger partial charge < -0.3 is 14.8 Å². The summed E-state index contributed by atoms with van der Waals surface area (Å²) >= 11 is 6.52. The molecule has 138 valence electrons. The summed E-state index contributed by atoms with van der Waals surface area (Å²) in [7, 11) is 0. The van der Waals surface area contributed by atoms with E-state index in [4.69, 9.17) is 21.1 Å². The third kappa shape index (κ3) is 3.92. The van der Waals surface area contributed by atoms with Crippen LogP contribution in [0.1, 0.15) is 28.4 Å². The van der Waals surface area contributed by atoms with Crippen LogP contribution in [0.3, 0.4) is 0 Å². The fraction of sp³-hybridized carbons (Fsp3) is 0.227. The van der Waals surface area contributed by atoms with E-state index >= 15 is 0 Å². The van der Waals surface area contributed by atoms with Crippen LogP contribution < -0.4 is 14.8 Å². The lowest BCUT2D eigenvalue weighted by molar-refractivity contribution is 0.171. The normalized spacial score (nSPS) is 14.0. The molecule has 4 rings (SSSR count). The lowest BCUT2D eigenvalue weighted by Crippen LogP contribution is -2.23. The molecular weight excluding hydrogens is 360 g/mol. The summed E-state index contributed by atoms with van der Waals surface area (Å²) < 4.78 is 11.4. The first-order valence-electron chi connectivity index (χ1n) is 9.00. The Morgan fingerprint density at radius 2 is 1.85 bits per heavy atom. The van der Waals surface area contributed by atoms with Crippen LogP contribution in [0.15, 0.2) is 60.8 Å². The molecule has 1 unspecified atom stereocenters. The molecule has 27 heavy (non-hydrogen) atoms. The van der Waals surface area contributed by atoms with Gasteiger partial charge in [0.25, 0.3) is 0 Å². The molecule has 0 radical (unpaired) electrons. The van der Waals surface area contributed by atoms with Gasteiger partial charge in [0.05, 0.1) is 6.04 Å². The quantitative estimate of drug-likeness (QED) is 0.697. The number of benzene rings is 2. The molecule has 0 amide bonds. The average molecular weight is 381 g/mol. The third-order valence-corrected chi connectivity index (χ3v) is 5.07. The summed E-state index contributed by atoms with van der Waals surface area (Å²) in [5.74, 6) is 1.56. The zero-order valence-electron chi connectivity index (χ0n) is 15.1. The Kier molecular flexibility index (Phi) is 5.28. The highest BCUT2D eigenvalue weighted by molar-refractivity contribution is 6.31. The Labute approximate surface area is 164 Å². The van der Waals surface area contributed by atoms with Crippen molar-refractivity contribution >= 4 is 11.6 Å². The van der Waals surface area contributed by atoms with Gasteiger partial charge in [0.15, 0.2) is 11.5 Å². The molecule has 1 N–H and O–H groups in total. The summed E-state index contributed by atoms with van der Waals surface area (Å²) in [6, 6.07) is 17.9. The van der Waals surface area contributed by atoms with E-state index in [9.17, 15) is 0 Å². The number of pyridine rings is 1. The number of hydrogen-bond donors (Lipinski definition) is 1. The van der Waals surface area contributed by atoms with Crippen molar-refractivity contribution in [2.45, 2.75) is 19.5 Å². The average Bonchev–Trinajstić information content (AvgIpc) is 2.70. The Balaban J connectivity index is 1.68. The van der Waals surface area contributed by atoms with Crippen molar-refractivity contribution in [3.63, 3.8) is 0 Å². The lowest BCUT2D eigenvalue weighted by Gasteiger charge is -2.24. The Bertz CT molecular complexity index is 945. The van der Waals surface area contributed by atoms with Gasteiger partial charge in [0, 0.05) is 23.5 Å². The van der Waals surface area contributed by atoms with Crippen molar-refractivity contribution in [2.24, 2.45) is 0 Å². The molecule has 0 aliphatic carbocycles. The standard InChI is InChI=1S/C22H21ClN2O2/c1-15-17(5-4-10-24-15)14-25-22(18-6-2-3-7-19(18)23)16-8-9-20-21(13-16)27-12-11-26-20/h2-10,13,22,25H,11-12,14H2,1H3. The molecule has 2 aromatic carbocycles. The summed E-state index contributed by atoms with van der Waals surface area (Å²) in [6.07, 6.45) is 1.81. The molecule has 0 bridgehead atoms. The third-order valence-electron chi connectivity index (χ3n) is 4.73. The number of ether oxygens (including phenoxy) is 2. The number of aryl methyl sites for hydroxylation is 1. The molecule has 0 spiro atoms. The van der Waals surface area contributed by atoms with Gasteiger partial charge in [-0.05, 0) is 47.9 Å². The van der Waals surface area contributed by atoms with Crippen molar-refractivity contribution in [3.8, 4) is 11.5 Å². The van der Waals surface area contributed by atoms with Crippen molar-refractivity contribution in [2.75, 3.05) is 13.2 Å². The zero-order valence-corrected chi connectivity index (χ0v) is 15.9. The molecule has 1 aromatic heterocycles. The smallest absolute Gasteiger partial charge is 0.161 e. The number of fused-ring (bicyclic) bond motifs is 1. The molecule has 0 saturated heterocycles. The van der Waals surface area contributed by atoms with Crippen LogP contribution in [-0.2, 0) is 6.54 Å². The SMILES string of the molecule is Cc1ncccc1CNC(c1ccc2c(c1)OCCO2)c1ccccc1Cl. The number of halogens is 1. The molecule has 2 heterocycles. The second-order valence-corrected chi connectivity index (χ2v) is 6.89. The van der Waals surface area contributed by atoms with Crippen molar-refractivity contribution in [1.82, 2.24) is 10.3 Å². The fourth-order valence-corrected chi connectivity index (χ4v) is 3.52. The van der Waals surface area contributed by atoms with E-state index in [-0.39, 0.29) is 6.04 Å². The number of nitrogens with zero attached hydrogens (tertiary/aromatic N) is 1. The first kappa shape index (κ1) is 17.8. The summed E-state index contributed by atoms with van der Waals surface area (Å²) in [6.45, 7) is 3.85. The van der Waals surface area contributed by atoms with E-state index in [1.165, 1.54) is 0 Å². The minimum absolute atomic E-state index is 0.0749. The first-order chi connectivity index (χ1) is 13.2. The van der Waals surface area contributed by atoms with Gasteiger partial charge in [0.2, 0.25) is 0 Å². The summed E-state index contributed by atoms with van der Waals surface area (Å²) in [5.41, 5.74) is 4.28. The van der Waals surface area contributed by atoms with E-state index in [1.807, 2.05) is 55.6 Å². The fourth-order valence-electron chi connectivity index (χ4n) is 3.27. The molecule has 4 nitrogen and oxygen atoms in total. The second kappa shape index (κ2) is 7.99. The predicted octanol–water partition coefficient (Wildman–Crippen LogP) is 4.69. The van der Waals surface area contributed by atoms with Crippen LogP contribution >= 0.6 is 11.6 Å². The molecule has 0 fully saturated rings. The largest absolute Gasteiger partial charge is 0.486 e. The molecule has 1 aliphatic heterocycles. The maximum Gasteiger partial charge on any atom is 0.161 e. The van der Waals surface area contributed by atoms with Gasteiger partial charge >= 0.3 is 0 Å².